The highest BCUT2D eigenvalue weighted by Crippen LogP contribution is 2.31. The van der Waals surface area contributed by atoms with E-state index in [-0.39, 0.29) is 11.2 Å². The number of ether oxygens (including phenoxy) is 1. The van der Waals surface area contributed by atoms with Gasteiger partial charge in [-0.05, 0) is 18.4 Å². The van der Waals surface area contributed by atoms with E-state index in [1.165, 1.54) is 34.3 Å². The summed E-state index contributed by atoms with van der Waals surface area (Å²) in [5.41, 5.74) is 1.18. The highest BCUT2D eigenvalue weighted by Gasteiger charge is 2.35. The van der Waals surface area contributed by atoms with Crippen LogP contribution in [0.3, 0.4) is 0 Å². The van der Waals surface area contributed by atoms with Crippen LogP contribution in [0.25, 0.3) is 0 Å². The molecule has 108 valence electrons. The maximum absolute atomic E-state index is 12.1. The molecule has 6 heteroatoms. The zero-order valence-corrected chi connectivity index (χ0v) is 12.9. The molecule has 1 amide bonds. The van der Waals surface area contributed by atoms with Crippen molar-refractivity contribution < 1.29 is 14.3 Å². The van der Waals surface area contributed by atoms with Gasteiger partial charge in [-0.25, -0.2) is 4.79 Å². The van der Waals surface area contributed by atoms with Crippen molar-refractivity contribution in [1.29, 1.82) is 0 Å². The molecule has 0 bridgehead atoms. The molecule has 1 aliphatic rings. The zero-order valence-electron chi connectivity index (χ0n) is 11.3. The Hall–Kier alpha value is -1.14. The second-order valence-corrected chi connectivity index (χ2v) is 6.72. The molecule has 0 radical (unpaired) electrons. The van der Waals surface area contributed by atoms with E-state index in [1.54, 1.807) is 4.90 Å². The molecule has 0 unspecified atom stereocenters. The summed E-state index contributed by atoms with van der Waals surface area (Å²) < 4.78 is 4.74. The average Bonchev–Trinajstić information content (AvgIpc) is 2.97. The van der Waals surface area contributed by atoms with Crippen molar-refractivity contribution in [3.8, 4) is 0 Å². The number of benzene rings is 1. The van der Waals surface area contributed by atoms with E-state index in [1.807, 2.05) is 30.3 Å². The Bertz CT molecular complexity index is 467. The summed E-state index contributed by atoms with van der Waals surface area (Å²) >= 11 is 0. The van der Waals surface area contributed by atoms with Crippen LogP contribution in [-0.2, 0) is 15.3 Å². The lowest BCUT2D eigenvalue weighted by Crippen LogP contribution is -2.38. The van der Waals surface area contributed by atoms with Crippen molar-refractivity contribution in [2.45, 2.75) is 24.6 Å². The lowest BCUT2D eigenvalue weighted by molar-refractivity contribution is -0.144. The molecule has 0 aliphatic carbocycles. The fourth-order valence-corrected chi connectivity index (χ4v) is 4.11. The molecular weight excluding hydrogens is 294 g/mol. The van der Waals surface area contributed by atoms with Crippen molar-refractivity contribution in [1.82, 2.24) is 4.90 Å². The number of carbonyl (C=O) groups excluding carboxylic acids is 2. The van der Waals surface area contributed by atoms with Crippen LogP contribution in [0, 0.1) is 0 Å². The van der Waals surface area contributed by atoms with Crippen LogP contribution in [0.15, 0.2) is 30.3 Å². The Morgan fingerprint density at radius 1 is 1.35 bits per heavy atom. The van der Waals surface area contributed by atoms with Crippen molar-refractivity contribution in [3.05, 3.63) is 35.9 Å². The Morgan fingerprint density at radius 3 is 2.80 bits per heavy atom. The number of nitrogens with zero attached hydrogens (tertiary/aromatic N) is 1. The predicted octanol–water partition coefficient (Wildman–Crippen LogP) is 3.33. The number of esters is 1. The van der Waals surface area contributed by atoms with Crippen LogP contribution >= 0.6 is 21.6 Å². The van der Waals surface area contributed by atoms with Gasteiger partial charge in [0.2, 0.25) is 0 Å². The summed E-state index contributed by atoms with van der Waals surface area (Å²) in [6, 6.07) is 9.59. The highest BCUT2D eigenvalue weighted by atomic mass is 33.1. The third kappa shape index (κ3) is 3.93. The molecule has 1 atom stereocenters. The summed E-state index contributed by atoms with van der Waals surface area (Å²) in [6.07, 6.45) is 1.55. The second kappa shape index (κ2) is 7.59. The number of likely N-dealkylation sites (tertiary alicyclic amines) is 1. The SMILES string of the molecule is COC(=O)[C@H]1CCCN1C(=O)SSCc1ccccc1. The smallest absolute Gasteiger partial charge is 0.328 e. The molecule has 1 saturated heterocycles. The fourth-order valence-electron chi connectivity index (χ4n) is 2.14. The number of rotatable bonds is 4. The van der Waals surface area contributed by atoms with Crippen LogP contribution in [0.1, 0.15) is 18.4 Å². The van der Waals surface area contributed by atoms with Gasteiger partial charge in [-0.15, -0.1) is 0 Å². The van der Waals surface area contributed by atoms with Crippen LogP contribution < -0.4 is 0 Å². The topological polar surface area (TPSA) is 46.6 Å². The van der Waals surface area contributed by atoms with Gasteiger partial charge in [0.25, 0.3) is 5.24 Å². The minimum absolute atomic E-state index is 0.0566. The molecule has 0 saturated carbocycles. The van der Waals surface area contributed by atoms with Gasteiger partial charge in [-0.2, -0.15) is 0 Å². The van der Waals surface area contributed by atoms with Gasteiger partial charge in [0.05, 0.1) is 7.11 Å². The largest absolute Gasteiger partial charge is 0.467 e. The van der Waals surface area contributed by atoms with Crippen molar-refractivity contribution >= 4 is 32.8 Å². The van der Waals surface area contributed by atoms with E-state index in [4.69, 9.17) is 4.74 Å². The van der Waals surface area contributed by atoms with Crippen LogP contribution in [0.4, 0.5) is 4.79 Å². The standard InChI is InChI=1S/C14H17NO3S2/c1-18-13(16)12-8-5-9-15(12)14(17)20-19-10-11-6-3-2-4-7-11/h2-4,6-7,12H,5,8-10H2,1H3/t12-/m1/s1. The summed E-state index contributed by atoms with van der Waals surface area (Å²) in [5.74, 6) is 0.457. The molecule has 1 aliphatic heterocycles. The molecule has 4 nitrogen and oxygen atoms in total. The molecule has 0 N–H and O–H groups in total. The van der Waals surface area contributed by atoms with E-state index in [0.717, 1.165) is 12.2 Å². The fraction of sp³-hybridized carbons (Fsp3) is 0.429. The van der Waals surface area contributed by atoms with Gasteiger partial charge in [-0.3, -0.25) is 4.79 Å². The number of hydrogen-bond donors (Lipinski definition) is 0. The maximum atomic E-state index is 12.1. The van der Waals surface area contributed by atoms with E-state index >= 15 is 0 Å². The molecular formula is C14H17NO3S2. The molecule has 1 heterocycles. The van der Waals surface area contributed by atoms with Crippen LogP contribution in [0.5, 0.6) is 0 Å². The lowest BCUT2D eigenvalue weighted by Gasteiger charge is -2.21. The summed E-state index contributed by atoms with van der Waals surface area (Å²) in [7, 11) is 4.05. The number of methoxy groups -OCH3 is 1. The molecule has 0 spiro atoms. The summed E-state index contributed by atoms with van der Waals surface area (Å²) in [6.45, 7) is 0.636. The van der Waals surface area contributed by atoms with Gasteiger partial charge in [0.15, 0.2) is 0 Å². The lowest BCUT2D eigenvalue weighted by atomic mass is 10.2. The van der Waals surface area contributed by atoms with Gasteiger partial charge < -0.3 is 9.64 Å². The predicted molar refractivity (Wildman–Crippen MR) is 82.5 cm³/mol. The summed E-state index contributed by atoms with van der Waals surface area (Å²) in [4.78, 5) is 25.3. The van der Waals surface area contributed by atoms with Crippen molar-refractivity contribution in [2.24, 2.45) is 0 Å². The Kier molecular flexibility index (Phi) is 5.79. The van der Waals surface area contributed by atoms with E-state index < -0.39 is 6.04 Å². The van der Waals surface area contributed by atoms with Crippen LogP contribution in [-0.4, -0.2) is 35.8 Å². The van der Waals surface area contributed by atoms with E-state index in [0.29, 0.717) is 13.0 Å². The zero-order chi connectivity index (χ0) is 14.4. The van der Waals surface area contributed by atoms with Gasteiger partial charge in [-0.1, -0.05) is 41.1 Å². The minimum Gasteiger partial charge on any atom is -0.467 e. The number of hydrogen-bond acceptors (Lipinski definition) is 5. The number of carbonyl (C=O) groups is 2. The second-order valence-electron chi connectivity index (χ2n) is 4.47. The third-order valence-corrected chi connectivity index (χ3v) is 5.24. The first-order chi connectivity index (χ1) is 9.72. The van der Waals surface area contributed by atoms with E-state index in [9.17, 15) is 9.59 Å². The van der Waals surface area contributed by atoms with Gasteiger partial charge >= 0.3 is 5.97 Å². The normalized spacial score (nSPS) is 18.1. The first-order valence-corrected chi connectivity index (χ1v) is 8.76. The highest BCUT2D eigenvalue weighted by molar-refractivity contribution is 8.81. The third-order valence-electron chi connectivity index (χ3n) is 3.16. The van der Waals surface area contributed by atoms with Gasteiger partial charge in [0, 0.05) is 23.1 Å². The summed E-state index contributed by atoms with van der Waals surface area (Å²) in [5, 5.41) is -0.0566. The monoisotopic (exact) mass is 311 g/mol. The average molecular weight is 311 g/mol. The van der Waals surface area contributed by atoms with Crippen molar-refractivity contribution in [2.75, 3.05) is 13.7 Å². The molecule has 20 heavy (non-hydrogen) atoms. The van der Waals surface area contributed by atoms with Crippen molar-refractivity contribution in [3.63, 3.8) is 0 Å². The molecule has 2 rings (SSSR count). The quantitative estimate of drug-likeness (QED) is 0.630. The molecule has 1 aromatic rings. The van der Waals surface area contributed by atoms with Gasteiger partial charge in [0.1, 0.15) is 6.04 Å². The minimum atomic E-state index is -0.405. The van der Waals surface area contributed by atoms with E-state index in [2.05, 4.69) is 0 Å². The first-order valence-electron chi connectivity index (χ1n) is 6.44. The first kappa shape index (κ1) is 15.3. The molecule has 1 fully saturated rings. The van der Waals surface area contributed by atoms with Crippen LogP contribution in [0.2, 0.25) is 0 Å². The Labute approximate surface area is 126 Å². The molecule has 0 aromatic heterocycles. The Balaban J connectivity index is 1.81. The Morgan fingerprint density at radius 2 is 2.10 bits per heavy atom. The molecule has 1 aromatic carbocycles. The number of amides is 1. The maximum Gasteiger partial charge on any atom is 0.328 e.